The maximum Gasteiger partial charge on any atom is 0.152 e. The van der Waals surface area contributed by atoms with Crippen molar-refractivity contribution in [3.63, 3.8) is 0 Å². The summed E-state index contributed by atoms with van der Waals surface area (Å²) < 4.78 is 16.4. The minimum Gasteiger partial charge on any atom is -0.598 e. The zero-order valence-corrected chi connectivity index (χ0v) is 23.8. The van der Waals surface area contributed by atoms with Crippen LogP contribution in [0.4, 0.5) is 11.6 Å². The molecule has 3 aromatic rings. The molecule has 1 saturated carbocycles. The number of rotatable bonds is 5. The molecule has 9 heteroatoms. The molecule has 2 atom stereocenters. The highest BCUT2D eigenvalue weighted by atomic mass is 35.5. The van der Waals surface area contributed by atoms with Crippen LogP contribution in [0.25, 0.3) is 11.3 Å². The molecule has 1 unspecified atom stereocenters. The number of hydrogen-bond acceptors (Lipinski definition) is 7. The molecule has 2 aromatic heterocycles. The van der Waals surface area contributed by atoms with Crippen molar-refractivity contribution in [1.82, 2.24) is 19.7 Å². The van der Waals surface area contributed by atoms with Crippen LogP contribution >= 0.6 is 11.6 Å². The second-order valence-corrected chi connectivity index (χ2v) is 14.3. The third-order valence-electron chi connectivity index (χ3n) is 8.31. The molecule has 3 aliphatic rings. The van der Waals surface area contributed by atoms with E-state index < -0.39 is 11.4 Å². The van der Waals surface area contributed by atoms with Crippen LogP contribution in [0.2, 0.25) is 5.02 Å². The Morgan fingerprint density at radius 3 is 2.55 bits per heavy atom. The Hall–Kier alpha value is -2.39. The van der Waals surface area contributed by atoms with E-state index in [1.807, 2.05) is 33.0 Å². The topological polar surface area (TPSA) is 103 Å². The van der Waals surface area contributed by atoms with Crippen LogP contribution < -0.4 is 15.4 Å². The molecular formula is C29H35ClN6OS. The summed E-state index contributed by atoms with van der Waals surface area (Å²) in [5, 5.41) is 0.635. The van der Waals surface area contributed by atoms with Gasteiger partial charge in [-0.25, -0.2) is 9.97 Å². The molecule has 3 heterocycles. The molecule has 0 bridgehead atoms. The van der Waals surface area contributed by atoms with Crippen LogP contribution in [0.5, 0.6) is 0 Å². The van der Waals surface area contributed by atoms with Crippen molar-refractivity contribution in [3.05, 3.63) is 64.6 Å². The highest BCUT2D eigenvalue weighted by molar-refractivity contribution is 7.90. The van der Waals surface area contributed by atoms with E-state index >= 15 is 0 Å². The third kappa shape index (κ3) is 4.66. The van der Waals surface area contributed by atoms with Gasteiger partial charge in [0.25, 0.3) is 0 Å². The fourth-order valence-electron chi connectivity index (χ4n) is 5.94. The van der Waals surface area contributed by atoms with Gasteiger partial charge in [0.1, 0.15) is 16.3 Å². The predicted molar refractivity (Wildman–Crippen MR) is 154 cm³/mol. The third-order valence-corrected chi connectivity index (χ3v) is 10.3. The summed E-state index contributed by atoms with van der Waals surface area (Å²) >= 11 is 5.55. The first-order valence-corrected chi connectivity index (χ1v) is 15.0. The molecule has 2 fully saturated rings. The van der Waals surface area contributed by atoms with Gasteiger partial charge in [0.2, 0.25) is 0 Å². The number of piperidine rings is 1. The lowest BCUT2D eigenvalue weighted by molar-refractivity contribution is 0.176. The van der Waals surface area contributed by atoms with Gasteiger partial charge in [-0.05, 0) is 70.1 Å². The number of aromatic nitrogens is 3. The van der Waals surface area contributed by atoms with Gasteiger partial charge in [-0.3, -0.25) is 4.98 Å². The van der Waals surface area contributed by atoms with Crippen molar-refractivity contribution in [2.24, 2.45) is 5.41 Å². The van der Waals surface area contributed by atoms with E-state index in [1.165, 1.54) is 11.1 Å². The van der Waals surface area contributed by atoms with Crippen molar-refractivity contribution in [2.45, 2.75) is 69.6 Å². The van der Waals surface area contributed by atoms with Gasteiger partial charge in [-0.15, -0.1) is 4.72 Å². The number of benzene rings is 1. The lowest BCUT2D eigenvalue weighted by atomic mass is 9.73. The summed E-state index contributed by atoms with van der Waals surface area (Å²) in [7, 11) is 0. The molecule has 38 heavy (non-hydrogen) atoms. The highest BCUT2D eigenvalue weighted by Crippen LogP contribution is 2.53. The van der Waals surface area contributed by atoms with Crippen LogP contribution in [0, 0.1) is 5.41 Å². The number of nitrogens with two attached hydrogens (primary N) is 1. The second kappa shape index (κ2) is 9.66. The first-order valence-electron chi connectivity index (χ1n) is 13.4. The van der Waals surface area contributed by atoms with Gasteiger partial charge in [0.05, 0.1) is 23.0 Å². The molecule has 2 aliphatic carbocycles. The van der Waals surface area contributed by atoms with Crippen molar-refractivity contribution in [2.75, 3.05) is 23.7 Å². The Bertz CT molecular complexity index is 1350. The molecule has 6 rings (SSSR count). The van der Waals surface area contributed by atoms with E-state index in [0.717, 1.165) is 62.3 Å². The average Bonchev–Trinajstić information content (AvgIpc) is 3.69. The van der Waals surface area contributed by atoms with Gasteiger partial charge in [0.15, 0.2) is 5.82 Å². The summed E-state index contributed by atoms with van der Waals surface area (Å²) in [5.41, 5.74) is 11.4. The Morgan fingerprint density at radius 1 is 1.13 bits per heavy atom. The number of hydrogen-bond donors (Lipinski definition) is 2. The molecule has 0 amide bonds. The molecule has 200 valence electrons. The maximum absolute atomic E-state index is 13.2. The highest BCUT2D eigenvalue weighted by Gasteiger charge is 2.50. The van der Waals surface area contributed by atoms with E-state index in [4.69, 9.17) is 27.3 Å². The fraction of sp³-hybridized carbons (Fsp3) is 0.483. The Kier molecular flexibility index (Phi) is 6.58. The predicted octanol–water partition coefficient (Wildman–Crippen LogP) is 5.59. The summed E-state index contributed by atoms with van der Waals surface area (Å²) in [6, 6.07) is 10.5. The Morgan fingerprint density at radius 2 is 1.87 bits per heavy atom. The minimum atomic E-state index is -1.15. The van der Waals surface area contributed by atoms with Crippen molar-refractivity contribution in [1.29, 1.82) is 0 Å². The molecule has 1 aromatic carbocycles. The van der Waals surface area contributed by atoms with Crippen molar-refractivity contribution < 1.29 is 4.55 Å². The van der Waals surface area contributed by atoms with Gasteiger partial charge >= 0.3 is 0 Å². The number of nitrogens with zero attached hydrogens (tertiary/aromatic N) is 4. The van der Waals surface area contributed by atoms with Crippen LogP contribution in [0.15, 0.2) is 42.7 Å². The van der Waals surface area contributed by atoms with Crippen molar-refractivity contribution >= 4 is 34.6 Å². The van der Waals surface area contributed by atoms with Crippen LogP contribution in [0.3, 0.4) is 0 Å². The van der Waals surface area contributed by atoms with Gasteiger partial charge in [0, 0.05) is 47.5 Å². The molecule has 1 aliphatic heterocycles. The number of pyridine rings is 1. The van der Waals surface area contributed by atoms with Crippen LogP contribution in [0.1, 0.15) is 75.2 Å². The molecule has 7 nitrogen and oxygen atoms in total. The SMILES string of the molecule is CC(C)(C)[S+]([O-])N[C@@H]1c2ccccc2CC12CCN(c1cnc(-c3ccnc(C4CC4)c3Cl)c(N)n1)CC2. The summed E-state index contributed by atoms with van der Waals surface area (Å²) in [5.74, 6) is 1.61. The molecular weight excluding hydrogens is 516 g/mol. The van der Waals surface area contributed by atoms with E-state index in [2.05, 4.69) is 38.9 Å². The fourth-order valence-corrected chi connectivity index (χ4v) is 7.24. The first kappa shape index (κ1) is 25.9. The second-order valence-electron chi connectivity index (χ2n) is 12.0. The van der Waals surface area contributed by atoms with E-state index in [1.54, 1.807) is 6.20 Å². The van der Waals surface area contributed by atoms with Crippen molar-refractivity contribution in [3.8, 4) is 11.3 Å². The number of nitrogens with one attached hydrogen (secondary N) is 1. The summed E-state index contributed by atoms with van der Waals surface area (Å²) in [6.07, 6.45) is 8.76. The summed E-state index contributed by atoms with van der Waals surface area (Å²) in [4.78, 5) is 16.2. The quantitative estimate of drug-likeness (QED) is 0.399. The van der Waals surface area contributed by atoms with Crippen LogP contribution in [-0.2, 0) is 17.8 Å². The van der Waals surface area contributed by atoms with E-state index in [9.17, 15) is 4.55 Å². The van der Waals surface area contributed by atoms with Gasteiger partial charge in [-0.2, -0.15) is 0 Å². The minimum absolute atomic E-state index is 0.0176. The first-order chi connectivity index (χ1) is 18.2. The van der Waals surface area contributed by atoms with Gasteiger partial charge < -0.3 is 15.2 Å². The zero-order chi connectivity index (χ0) is 26.7. The monoisotopic (exact) mass is 550 g/mol. The lowest BCUT2D eigenvalue weighted by Crippen LogP contribution is -2.49. The largest absolute Gasteiger partial charge is 0.598 e. The normalized spacial score (nSPS) is 21.5. The summed E-state index contributed by atoms with van der Waals surface area (Å²) in [6.45, 7) is 7.73. The standard InChI is InChI=1S/C29H35ClN6OS/c1-28(2,3)38(37)35-26-20-7-5-4-6-19(20)16-29(26)11-14-36(15-12-29)22-17-33-25(27(31)34-22)21-10-13-32-24(23(21)30)18-8-9-18/h4-7,10,13,17-18,26,35H,8-9,11-12,14-16H2,1-3H3,(H2,31,34)/t26-,38?/m1/s1. The number of nitrogen functional groups attached to an aromatic ring is 1. The smallest absolute Gasteiger partial charge is 0.152 e. The van der Waals surface area contributed by atoms with Gasteiger partial charge in [-0.1, -0.05) is 35.9 Å². The Balaban J connectivity index is 1.21. The average molecular weight is 551 g/mol. The molecule has 3 N–H and O–H groups in total. The number of fused-ring (bicyclic) bond motifs is 1. The number of anilines is 2. The van der Waals surface area contributed by atoms with E-state index in [-0.39, 0.29) is 16.2 Å². The number of halogens is 1. The molecule has 1 saturated heterocycles. The maximum atomic E-state index is 13.2. The lowest BCUT2D eigenvalue weighted by Gasteiger charge is -2.44. The molecule has 1 spiro atoms. The zero-order valence-electron chi connectivity index (χ0n) is 22.2. The van der Waals surface area contributed by atoms with E-state index in [0.29, 0.717) is 22.5 Å². The Labute approximate surface area is 232 Å². The van der Waals surface area contributed by atoms with Crippen LogP contribution in [-0.4, -0.2) is 37.3 Å². The molecule has 0 radical (unpaired) electrons.